The summed E-state index contributed by atoms with van der Waals surface area (Å²) in [5, 5.41) is 10.2. The third-order valence-electron chi connectivity index (χ3n) is 2.39. The first-order chi connectivity index (χ1) is 8.70. The Morgan fingerprint density at radius 3 is 3.06 bits per heavy atom. The van der Waals surface area contributed by atoms with Crippen molar-refractivity contribution < 1.29 is 4.39 Å². The molecule has 0 aromatic carbocycles. The summed E-state index contributed by atoms with van der Waals surface area (Å²) in [7, 11) is 0. The van der Waals surface area contributed by atoms with Crippen LogP contribution in [-0.2, 0) is 6.54 Å². The molecule has 0 aliphatic carbocycles. The second kappa shape index (κ2) is 4.34. The van der Waals surface area contributed by atoms with Crippen LogP contribution in [0.3, 0.4) is 0 Å². The zero-order valence-corrected chi connectivity index (χ0v) is 10.4. The van der Waals surface area contributed by atoms with E-state index in [2.05, 4.69) is 20.4 Å². The molecule has 0 fully saturated rings. The highest BCUT2D eigenvalue weighted by Gasteiger charge is 2.05. The smallest absolute Gasteiger partial charge is 0.243 e. The summed E-state index contributed by atoms with van der Waals surface area (Å²) >= 11 is 1.60. The topological polar surface area (TPSA) is 55.1 Å². The largest absolute Gasteiger partial charge is 0.347 e. The van der Waals surface area contributed by atoms with Gasteiger partial charge in [-0.05, 0) is 19.1 Å². The van der Waals surface area contributed by atoms with Gasteiger partial charge in [-0.1, -0.05) is 0 Å². The van der Waals surface area contributed by atoms with Crippen LogP contribution in [0.4, 0.5) is 10.3 Å². The second-order valence-electron chi connectivity index (χ2n) is 3.80. The van der Waals surface area contributed by atoms with E-state index in [0.717, 1.165) is 10.7 Å². The van der Waals surface area contributed by atoms with Gasteiger partial charge in [0.1, 0.15) is 5.82 Å². The number of anilines is 1. The highest BCUT2D eigenvalue weighted by Crippen LogP contribution is 2.11. The Labute approximate surface area is 106 Å². The van der Waals surface area contributed by atoms with Crippen molar-refractivity contribution in [3.8, 4) is 0 Å². The minimum atomic E-state index is -0.339. The number of halogens is 1. The summed E-state index contributed by atoms with van der Waals surface area (Å²) in [5.41, 5.74) is 1.55. The molecule has 1 N–H and O–H groups in total. The Morgan fingerprint density at radius 2 is 2.28 bits per heavy atom. The van der Waals surface area contributed by atoms with Crippen LogP contribution in [0.25, 0.3) is 5.65 Å². The molecule has 92 valence electrons. The van der Waals surface area contributed by atoms with Crippen LogP contribution in [-0.4, -0.2) is 19.6 Å². The first-order valence-electron chi connectivity index (χ1n) is 5.37. The zero-order valence-electron chi connectivity index (χ0n) is 9.59. The molecule has 0 atom stereocenters. The van der Waals surface area contributed by atoms with Crippen LogP contribution in [0.2, 0.25) is 0 Å². The van der Waals surface area contributed by atoms with Crippen LogP contribution in [0.1, 0.15) is 10.7 Å². The van der Waals surface area contributed by atoms with E-state index < -0.39 is 0 Å². The third-order valence-corrected chi connectivity index (χ3v) is 3.21. The van der Waals surface area contributed by atoms with Gasteiger partial charge in [0.25, 0.3) is 0 Å². The number of nitrogens with one attached hydrogen (secondary N) is 1. The first kappa shape index (κ1) is 11.1. The Morgan fingerprint density at radius 1 is 1.39 bits per heavy atom. The van der Waals surface area contributed by atoms with Gasteiger partial charge < -0.3 is 5.32 Å². The summed E-state index contributed by atoms with van der Waals surface area (Å²) < 4.78 is 14.4. The van der Waals surface area contributed by atoms with Crippen molar-refractivity contribution in [1.82, 2.24) is 19.6 Å². The Balaban J connectivity index is 1.78. The maximum Gasteiger partial charge on any atom is 0.243 e. The average molecular weight is 263 g/mol. The van der Waals surface area contributed by atoms with Gasteiger partial charge in [-0.2, -0.15) is 4.98 Å². The van der Waals surface area contributed by atoms with Gasteiger partial charge in [-0.15, -0.1) is 16.4 Å². The molecule has 18 heavy (non-hydrogen) atoms. The Kier molecular flexibility index (Phi) is 2.67. The predicted molar refractivity (Wildman–Crippen MR) is 67.1 cm³/mol. The van der Waals surface area contributed by atoms with E-state index in [1.165, 1.54) is 16.8 Å². The van der Waals surface area contributed by atoms with Gasteiger partial charge in [-0.25, -0.2) is 13.9 Å². The molecule has 0 amide bonds. The molecule has 3 heterocycles. The molecule has 0 unspecified atom stereocenters. The van der Waals surface area contributed by atoms with Crippen molar-refractivity contribution >= 4 is 22.9 Å². The number of fused-ring (bicyclic) bond motifs is 1. The zero-order chi connectivity index (χ0) is 12.5. The van der Waals surface area contributed by atoms with E-state index in [-0.39, 0.29) is 5.82 Å². The number of hydrogen-bond donors (Lipinski definition) is 1. The summed E-state index contributed by atoms with van der Waals surface area (Å²) in [4.78, 5) is 8.55. The van der Waals surface area contributed by atoms with Crippen LogP contribution in [0, 0.1) is 12.7 Å². The number of aryl methyl sites for hydroxylation is 1. The molecule has 0 saturated heterocycles. The Bertz CT molecular complexity index is 690. The summed E-state index contributed by atoms with van der Waals surface area (Å²) in [6.07, 6.45) is 1.29. The van der Waals surface area contributed by atoms with Crippen LogP contribution >= 0.6 is 11.3 Å². The first-order valence-corrected chi connectivity index (χ1v) is 6.25. The predicted octanol–water partition coefficient (Wildman–Crippen LogP) is 2.25. The maximum absolute atomic E-state index is 13.0. The SMILES string of the molecule is Cc1nc(CNc2nc3ccc(F)cn3n2)cs1. The average Bonchev–Trinajstić information content (AvgIpc) is 2.92. The normalized spacial score (nSPS) is 11.0. The molecule has 7 heteroatoms. The molecule has 0 aliphatic heterocycles. The monoisotopic (exact) mass is 263 g/mol. The number of pyridine rings is 1. The number of aromatic nitrogens is 4. The summed E-state index contributed by atoms with van der Waals surface area (Å²) in [6.45, 7) is 2.52. The number of thiazole rings is 1. The lowest BCUT2D eigenvalue weighted by Gasteiger charge is -1.96. The van der Waals surface area contributed by atoms with Gasteiger partial charge in [0.15, 0.2) is 5.65 Å². The van der Waals surface area contributed by atoms with Gasteiger partial charge in [-0.3, -0.25) is 0 Å². The highest BCUT2D eigenvalue weighted by atomic mass is 32.1. The number of hydrogen-bond acceptors (Lipinski definition) is 5. The quantitative estimate of drug-likeness (QED) is 0.787. The van der Waals surface area contributed by atoms with Crippen molar-refractivity contribution in [3.05, 3.63) is 40.2 Å². The van der Waals surface area contributed by atoms with Gasteiger partial charge in [0, 0.05) is 5.38 Å². The van der Waals surface area contributed by atoms with Gasteiger partial charge in [0.2, 0.25) is 5.95 Å². The lowest BCUT2D eigenvalue weighted by Crippen LogP contribution is -2.01. The molecule has 0 spiro atoms. The molecular formula is C11H10FN5S. The number of rotatable bonds is 3. The molecule has 3 aromatic heterocycles. The van der Waals surface area contributed by atoms with E-state index in [1.54, 1.807) is 17.4 Å². The number of nitrogens with zero attached hydrogens (tertiary/aromatic N) is 4. The minimum Gasteiger partial charge on any atom is -0.347 e. The molecule has 0 radical (unpaired) electrons. The lowest BCUT2D eigenvalue weighted by molar-refractivity contribution is 0.615. The van der Waals surface area contributed by atoms with E-state index in [0.29, 0.717) is 18.1 Å². The standard InChI is InChI=1S/C11H10FN5S/c1-7-14-9(6-18-7)4-13-11-15-10-3-2-8(12)5-17(10)16-11/h2-3,5-6H,4H2,1H3,(H,13,16). The lowest BCUT2D eigenvalue weighted by atomic mass is 10.5. The van der Waals surface area contributed by atoms with Crippen molar-refractivity contribution in [1.29, 1.82) is 0 Å². The van der Waals surface area contributed by atoms with Gasteiger partial charge in [0.05, 0.1) is 23.4 Å². The minimum absolute atomic E-state index is 0.339. The summed E-state index contributed by atoms with van der Waals surface area (Å²) in [5.74, 6) is 0.125. The van der Waals surface area contributed by atoms with Crippen molar-refractivity contribution in [2.75, 3.05) is 5.32 Å². The molecule has 3 aromatic rings. The second-order valence-corrected chi connectivity index (χ2v) is 4.86. The van der Waals surface area contributed by atoms with E-state index in [4.69, 9.17) is 0 Å². The molecule has 3 rings (SSSR count). The fourth-order valence-electron chi connectivity index (χ4n) is 1.59. The van der Waals surface area contributed by atoms with E-state index in [1.807, 2.05) is 12.3 Å². The molecule has 0 aliphatic rings. The van der Waals surface area contributed by atoms with Crippen LogP contribution in [0.5, 0.6) is 0 Å². The molecule has 5 nitrogen and oxygen atoms in total. The van der Waals surface area contributed by atoms with Crippen molar-refractivity contribution in [2.45, 2.75) is 13.5 Å². The van der Waals surface area contributed by atoms with E-state index in [9.17, 15) is 4.39 Å². The fraction of sp³-hybridized carbons (Fsp3) is 0.182. The van der Waals surface area contributed by atoms with Crippen molar-refractivity contribution in [3.63, 3.8) is 0 Å². The molecule has 0 bridgehead atoms. The fourth-order valence-corrected chi connectivity index (χ4v) is 2.20. The molecular weight excluding hydrogens is 253 g/mol. The van der Waals surface area contributed by atoms with Crippen molar-refractivity contribution in [2.24, 2.45) is 0 Å². The maximum atomic E-state index is 13.0. The van der Waals surface area contributed by atoms with Crippen LogP contribution in [0.15, 0.2) is 23.7 Å². The van der Waals surface area contributed by atoms with Gasteiger partial charge >= 0.3 is 0 Å². The molecule has 0 saturated carbocycles. The summed E-state index contributed by atoms with van der Waals surface area (Å²) in [6, 6.07) is 2.94. The van der Waals surface area contributed by atoms with E-state index >= 15 is 0 Å². The Hall–Kier alpha value is -2.02. The highest BCUT2D eigenvalue weighted by molar-refractivity contribution is 7.09. The van der Waals surface area contributed by atoms with Crippen LogP contribution < -0.4 is 5.32 Å². The third kappa shape index (κ3) is 2.17.